The molecule has 0 unspecified atom stereocenters. The van der Waals surface area contributed by atoms with E-state index in [2.05, 4.69) is 4.98 Å². The molecule has 0 aliphatic rings. The summed E-state index contributed by atoms with van der Waals surface area (Å²) < 4.78 is 15.0. The second-order valence-electron chi connectivity index (χ2n) is 5.46. The minimum Gasteiger partial charge on any atom is -0.495 e. The van der Waals surface area contributed by atoms with Crippen molar-refractivity contribution in [1.82, 2.24) is 4.98 Å². The van der Waals surface area contributed by atoms with Gasteiger partial charge >= 0.3 is 11.9 Å². The van der Waals surface area contributed by atoms with Crippen LogP contribution >= 0.6 is 0 Å². The van der Waals surface area contributed by atoms with Crippen LogP contribution in [-0.4, -0.2) is 38.3 Å². The first-order chi connectivity index (χ1) is 10.3. The van der Waals surface area contributed by atoms with E-state index >= 15 is 0 Å². The Balaban J connectivity index is 3.89. The van der Waals surface area contributed by atoms with E-state index in [1.165, 1.54) is 21.3 Å². The molecule has 6 nitrogen and oxygen atoms in total. The van der Waals surface area contributed by atoms with Gasteiger partial charge in [-0.2, -0.15) is 0 Å². The average molecular weight is 309 g/mol. The maximum absolute atomic E-state index is 12.2. The molecule has 122 valence electrons. The molecule has 0 saturated carbocycles. The number of carbonyl (C=O) groups excluding carboxylic acids is 2. The monoisotopic (exact) mass is 309 g/mol. The average Bonchev–Trinajstić information content (AvgIpc) is 2.50. The highest BCUT2D eigenvalue weighted by atomic mass is 16.5. The molecule has 1 rings (SSSR count). The number of hydrogen-bond donors (Lipinski definition) is 0. The van der Waals surface area contributed by atoms with Crippen LogP contribution in [-0.2, 0) is 9.47 Å². The lowest BCUT2D eigenvalue weighted by atomic mass is 9.95. The molecule has 0 saturated heterocycles. The van der Waals surface area contributed by atoms with Gasteiger partial charge in [0.05, 0.1) is 32.7 Å². The fourth-order valence-corrected chi connectivity index (χ4v) is 2.24. The van der Waals surface area contributed by atoms with E-state index in [1.54, 1.807) is 0 Å². The zero-order chi connectivity index (χ0) is 17.0. The summed E-state index contributed by atoms with van der Waals surface area (Å²) in [5.41, 5.74) is 1.43. The number of ether oxygens (including phenoxy) is 3. The van der Waals surface area contributed by atoms with Crippen LogP contribution in [0, 0.1) is 0 Å². The van der Waals surface area contributed by atoms with Crippen LogP contribution < -0.4 is 4.74 Å². The van der Waals surface area contributed by atoms with E-state index in [0.29, 0.717) is 11.4 Å². The highest BCUT2D eigenvalue weighted by molar-refractivity contribution is 6.01. The van der Waals surface area contributed by atoms with Gasteiger partial charge in [-0.15, -0.1) is 0 Å². The first-order valence-corrected chi connectivity index (χ1v) is 7.08. The highest BCUT2D eigenvalue weighted by Gasteiger charge is 2.31. The van der Waals surface area contributed by atoms with E-state index in [0.717, 1.165) is 0 Å². The third kappa shape index (κ3) is 3.21. The Morgan fingerprint density at radius 2 is 1.18 bits per heavy atom. The summed E-state index contributed by atoms with van der Waals surface area (Å²) in [5.74, 6) is -1.09. The van der Waals surface area contributed by atoms with Crippen LogP contribution in [0.5, 0.6) is 5.75 Å². The zero-order valence-electron chi connectivity index (χ0n) is 14.1. The number of hydrogen-bond acceptors (Lipinski definition) is 6. The molecule has 0 bridgehead atoms. The predicted octanol–water partition coefficient (Wildman–Crippen LogP) is 2.91. The summed E-state index contributed by atoms with van der Waals surface area (Å²) >= 11 is 0. The normalized spacial score (nSPS) is 10.8. The molecular weight excluding hydrogens is 286 g/mol. The third-order valence-corrected chi connectivity index (χ3v) is 3.28. The maximum atomic E-state index is 12.2. The Morgan fingerprint density at radius 3 is 1.41 bits per heavy atom. The first kappa shape index (κ1) is 17.9. The van der Waals surface area contributed by atoms with Crippen molar-refractivity contribution in [3.63, 3.8) is 0 Å². The summed E-state index contributed by atoms with van der Waals surface area (Å²) in [4.78, 5) is 28.9. The van der Waals surface area contributed by atoms with Crippen molar-refractivity contribution >= 4 is 11.9 Å². The van der Waals surface area contributed by atoms with Gasteiger partial charge in [-0.25, -0.2) is 9.59 Å². The van der Waals surface area contributed by atoms with Crippen LogP contribution in [0.4, 0.5) is 0 Å². The molecule has 0 N–H and O–H groups in total. The van der Waals surface area contributed by atoms with Crippen molar-refractivity contribution in [3.8, 4) is 5.75 Å². The van der Waals surface area contributed by atoms with E-state index < -0.39 is 11.9 Å². The van der Waals surface area contributed by atoms with E-state index in [9.17, 15) is 9.59 Å². The van der Waals surface area contributed by atoms with Gasteiger partial charge in [0.1, 0.15) is 11.1 Å². The summed E-state index contributed by atoms with van der Waals surface area (Å²) in [6.07, 6.45) is 0. The van der Waals surface area contributed by atoms with Crippen LogP contribution in [0.15, 0.2) is 0 Å². The van der Waals surface area contributed by atoms with Gasteiger partial charge in [0.25, 0.3) is 0 Å². The van der Waals surface area contributed by atoms with Crippen LogP contribution in [0.2, 0.25) is 0 Å². The van der Waals surface area contributed by atoms with Crippen LogP contribution in [0.3, 0.4) is 0 Å². The molecule has 0 amide bonds. The van der Waals surface area contributed by atoms with Crippen molar-refractivity contribution in [2.45, 2.75) is 39.5 Å². The first-order valence-electron chi connectivity index (χ1n) is 7.08. The number of aromatic nitrogens is 1. The molecule has 6 heteroatoms. The Bertz CT molecular complexity index is 532. The Kier molecular flexibility index (Phi) is 5.91. The van der Waals surface area contributed by atoms with Gasteiger partial charge in [0.15, 0.2) is 5.75 Å². The maximum Gasteiger partial charge on any atom is 0.343 e. The lowest BCUT2D eigenvalue weighted by Crippen LogP contribution is -2.19. The van der Waals surface area contributed by atoms with Gasteiger partial charge in [0, 0.05) is 0 Å². The van der Waals surface area contributed by atoms with Gasteiger partial charge in [-0.05, 0) is 11.8 Å². The van der Waals surface area contributed by atoms with E-state index in [4.69, 9.17) is 14.2 Å². The fourth-order valence-electron chi connectivity index (χ4n) is 2.24. The molecule has 22 heavy (non-hydrogen) atoms. The highest BCUT2D eigenvalue weighted by Crippen LogP contribution is 2.35. The Morgan fingerprint density at radius 1 is 0.818 bits per heavy atom. The molecule has 1 aromatic rings. The van der Waals surface area contributed by atoms with Crippen LogP contribution in [0.25, 0.3) is 0 Å². The number of pyridine rings is 1. The largest absolute Gasteiger partial charge is 0.495 e. The molecule has 0 atom stereocenters. The van der Waals surface area contributed by atoms with Gasteiger partial charge in [-0.3, -0.25) is 4.98 Å². The minimum atomic E-state index is -0.589. The van der Waals surface area contributed by atoms with Gasteiger partial charge in [-0.1, -0.05) is 27.7 Å². The van der Waals surface area contributed by atoms with Crippen molar-refractivity contribution in [2.75, 3.05) is 21.3 Å². The topological polar surface area (TPSA) is 74.7 Å². The zero-order valence-corrected chi connectivity index (χ0v) is 14.1. The molecule has 0 radical (unpaired) electrons. The lowest BCUT2D eigenvalue weighted by molar-refractivity contribution is 0.0588. The second kappa shape index (κ2) is 7.24. The number of carbonyl (C=O) groups is 2. The molecular formula is C16H23NO5. The number of esters is 2. The number of nitrogens with zero attached hydrogens (tertiary/aromatic N) is 1. The Labute approximate surface area is 130 Å². The summed E-state index contributed by atoms with van der Waals surface area (Å²) in [6, 6.07) is 0. The summed E-state index contributed by atoms with van der Waals surface area (Å²) in [6.45, 7) is 7.65. The number of methoxy groups -OCH3 is 3. The smallest absolute Gasteiger partial charge is 0.343 e. The molecule has 1 heterocycles. The standard InChI is InChI=1S/C16H23NO5/c1-8(2)12-10(15(18)21-6)14(20-5)11(16(19)22-7)13(17-12)9(3)4/h8-9H,1-7H3. The quantitative estimate of drug-likeness (QED) is 0.779. The van der Waals surface area contributed by atoms with Crippen molar-refractivity contribution in [3.05, 3.63) is 22.5 Å². The third-order valence-electron chi connectivity index (χ3n) is 3.28. The van der Waals surface area contributed by atoms with Crippen LogP contribution in [0.1, 0.15) is 71.6 Å². The molecule has 0 spiro atoms. The van der Waals surface area contributed by atoms with Gasteiger partial charge < -0.3 is 14.2 Å². The molecule has 0 fully saturated rings. The van der Waals surface area contributed by atoms with Crippen molar-refractivity contribution < 1.29 is 23.8 Å². The lowest BCUT2D eigenvalue weighted by Gasteiger charge is -2.21. The molecule has 0 aliphatic heterocycles. The summed E-state index contributed by atoms with van der Waals surface area (Å²) in [5, 5.41) is 0. The van der Waals surface area contributed by atoms with Gasteiger partial charge in [0.2, 0.25) is 0 Å². The second-order valence-corrected chi connectivity index (χ2v) is 5.46. The number of rotatable bonds is 5. The van der Waals surface area contributed by atoms with Crippen molar-refractivity contribution in [2.24, 2.45) is 0 Å². The summed E-state index contributed by atoms with van der Waals surface area (Å²) in [7, 11) is 3.96. The van der Waals surface area contributed by atoms with Crippen molar-refractivity contribution in [1.29, 1.82) is 0 Å². The minimum absolute atomic E-state index is 0.0350. The molecule has 0 aromatic carbocycles. The molecule has 1 aromatic heterocycles. The fraction of sp³-hybridized carbons (Fsp3) is 0.562. The predicted molar refractivity (Wildman–Crippen MR) is 81.6 cm³/mol. The Hall–Kier alpha value is -2.11. The van der Waals surface area contributed by atoms with E-state index in [-0.39, 0.29) is 28.7 Å². The molecule has 0 aliphatic carbocycles. The SMILES string of the molecule is COC(=O)c1c(C(C)C)nc(C(C)C)c(C(=O)OC)c1OC. The van der Waals surface area contributed by atoms with E-state index in [1.807, 2.05) is 27.7 Å².